The number of benzene rings is 1. The molecule has 31 heavy (non-hydrogen) atoms. The van der Waals surface area contributed by atoms with Gasteiger partial charge in [-0.05, 0) is 58.2 Å². The minimum absolute atomic E-state index is 0.0387. The Morgan fingerprint density at radius 2 is 1.71 bits per heavy atom. The average molecular weight is 438 g/mol. The van der Waals surface area contributed by atoms with Gasteiger partial charge in [0.05, 0.1) is 11.7 Å². The summed E-state index contributed by atoms with van der Waals surface area (Å²) in [6.45, 7) is 15.3. The van der Waals surface area contributed by atoms with Crippen molar-refractivity contribution < 1.29 is 5.11 Å². The van der Waals surface area contributed by atoms with Crippen LogP contribution in [0.2, 0.25) is 0 Å². The van der Waals surface area contributed by atoms with Gasteiger partial charge in [-0.2, -0.15) is 0 Å². The van der Waals surface area contributed by atoms with Crippen LogP contribution in [0.4, 0.5) is 0 Å². The Hall–Kier alpha value is -2.01. The van der Waals surface area contributed by atoms with Crippen molar-refractivity contribution in [2.24, 2.45) is 4.99 Å². The van der Waals surface area contributed by atoms with Crippen LogP contribution >= 0.6 is 11.8 Å². The van der Waals surface area contributed by atoms with Gasteiger partial charge in [0.2, 0.25) is 0 Å². The van der Waals surface area contributed by atoms with E-state index < -0.39 is 0 Å². The standard InChI is InChI=1S/C26H35N3OS/c1-8-17-15-31-24-28-21(20-11-9-10-12-27-20)22(29(17)24)16-13-18(25(2,3)4)23(30)19(14-16)26(5,6)7/h9-14,17,21-22,30H,8,15H2,1-7H3/t17-,21+,22-/m1/s1. The lowest BCUT2D eigenvalue weighted by atomic mass is 9.77. The number of rotatable bonds is 3. The maximum absolute atomic E-state index is 11.2. The molecule has 4 rings (SSSR count). The smallest absolute Gasteiger partial charge is 0.160 e. The number of aromatic nitrogens is 1. The van der Waals surface area contributed by atoms with Gasteiger partial charge in [0, 0.05) is 18.0 Å². The van der Waals surface area contributed by atoms with Crippen LogP contribution in [0.5, 0.6) is 5.75 Å². The quantitative estimate of drug-likeness (QED) is 0.607. The van der Waals surface area contributed by atoms with E-state index in [4.69, 9.17) is 4.99 Å². The third-order valence-corrected chi connectivity index (χ3v) is 7.55. The monoisotopic (exact) mass is 437 g/mol. The lowest BCUT2D eigenvalue weighted by molar-refractivity contribution is 0.254. The number of aromatic hydroxyl groups is 1. The van der Waals surface area contributed by atoms with Crippen molar-refractivity contribution in [3.8, 4) is 5.75 Å². The predicted octanol–water partition coefficient (Wildman–Crippen LogP) is 6.36. The van der Waals surface area contributed by atoms with E-state index in [0.717, 1.165) is 34.2 Å². The van der Waals surface area contributed by atoms with E-state index in [9.17, 15) is 5.11 Å². The number of hydrogen-bond acceptors (Lipinski definition) is 5. The lowest BCUT2D eigenvalue weighted by Crippen LogP contribution is -2.35. The number of pyridine rings is 1. The summed E-state index contributed by atoms with van der Waals surface area (Å²) in [7, 11) is 0. The van der Waals surface area contributed by atoms with Crippen LogP contribution in [0.25, 0.3) is 0 Å². The summed E-state index contributed by atoms with van der Waals surface area (Å²) in [6, 6.07) is 11.1. The van der Waals surface area contributed by atoms with Crippen LogP contribution < -0.4 is 0 Å². The first-order valence-corrected chi connectivity index (χ1v) is 12.3. The van der Waals surface area contributed by atoms with Crippen molar-refractivity contribution in [1.29, 1.82) is 0 Å². The summed E-state index contributed by atoms with van der Waals surface area (Å²) in [6.07, 6.45) is 2.95. The van der Waals surface area contributed by atoms with E-state index >= 15 is 0 Å². The van der Waals surface area contributed by atoms with Crippen molar-refractivity contribution in [2.75, 3.05) is 5.75 Å². The topological polar surface area (TPSA) is 48.7 Å². The molecule has 2 aromatic rings. The molecule has 5 heteroatoms. The number of thioether (sulfide) groups is 1. The van der Waals surface area contributed by atoms with E-state index in [-0.39, 0.29) is 22.9 Å². The van der Waals surface area contributed by atoms with Gasteiger partial charge in [-0.3, -0.25) is 9.98 Å². The Morgan fingerprint density at radius 3 is 2.23 bits per heavy atom. The highest BCUT2D eigenvalue weighted by Gasteiger charge is 2.46. The molecule has 1 aromatic carbocycles. The normalized spacial score (nSPS) is 23.8. The highest BCUT2D eigenvalue weighted by atomic mass is 32.2. The molecule has 0 saturated carbocycles. The number of phenols is 1. The van der Waals surface area contributed by atoms with E-state index in [2.05, 4.69) is 76.5 Å². The maximum atomic E-state index is 11.2. The molecule has 3 heterocycles. The van der Waals surface area contributed by atoms with Gasteiger partial charge >= 0.3 is 0 Å². The number of fused-ring (bicyclic) bond motifs is 1. The molecule has 4 nitrogen and oxygen atoms in total. The SMILES string of the molecule is CC[C@@H]1CSC2=N[C@@H](c3ccccn3)[C@@H](c3cc(C(C)(C)C)c(O)c(C(C)(C)C)c3)N21. The van der Waals surface area contributed by atoms with Gasteiger partial charge in [-0.15, -0.1) is 0 Å². The van der Waals surface area contributed by atoms with Gasteiger partial charge < -0.3 is 10.0 Å². The van der Waals surface area contributed by atoms with Crippen LogP contribution in [0.3, 0.4) is 0 Å². The fraction of sp³-hybridized carbons (Fsp3) is 0.538. The van der Waals surface area contributed by atoms with Gasteiger partial charge in [-0.25, -0.2) is 0 Å². The van der Waals surface area contributed by atoms with Crippen LogP contribution in [0, 0.1) is 0 Å². The number of amidine groups is 1. The molecule has 1 N–H and O–H groups in total. The number of phenolic OH excluding ortho intramolecular Hbond substituents is 1. The van der Waals surface area contributed by atoms with Gasteiger partial charge in [-0.1, -0.05) is 66.3 Å². The third kappa shape index (κ3) is 3.97. The van der Waals surface area contributed by atoms with E-state index in [1.165, 1.54) is 5.56 Å². The van der Waals surface area contributed by atoms with Gasteiger partial charge in [0.15, 0.2) is 5.17 Å². The van der Waals surface area contributed by atoms with E-state index in [1.807, 2.05) is 30.1 Å². The summed E-state index contributed by atoms with van der Waals surface area (Å²) in [5.41, 5.74) is 3.92. The Kier molecular flexibility index (Phi) is 5.61. The first-order valence-electron chi connectivity index (χ1n) is 11.3. The van der Waals surface area contributed by atoms with Gasteiger partial charge in [0.25, 0.3) is 0 Å². The molecule has 0 aliphatic carbocycles. The average Bonchev–Trinajstić information content (AvgIpc) is 3.26. The van der Waals surface area contributed by atoms with Crippen molar-refractivity contribution in [3.63, 3.8) is 0 Å². The molecule has 1 fully saturated rings. The van der Waals surface area contributed by atoms with E-state index in [0.29, 0.717) is 11.8 Å². The highest BCUT2D eigenvalue weighted by molar-refractivity contribution is 8.14. The summed E-state index contributed by atoms with van der Waals surface area (Å²) in [5.74, 6) is 1.51. The Balaban J connectivity index is 1.93. The number of hydrogen-bond donors (Lipinski definition) is 1. The Bertz CT molecular complexity index is 953. The molecular weight excluding hydrogens is 402 g/mol. The Morgan fingerprint density at radius 1 is 1.06 bits per heavy atom. The van der Waals surface area contributed by atoms with E-state index in [1.54, 1.807) is 0 Å². The molecule has 0 amide bonds. The van der Waals surface area contributed by atoms with Crippen molar-refractivity contribution in [1.82, 2.24) is 9.88 Å². The van der Waals surface area contributed by atoms with Crippen LogP contribution in [0.15, 0.2) is 41.5 Å². The van der Waals surface area contributed by atoms with Crippen molar-refractivity contribution in [3.05, 3.63) is 58.9 Å². The van der Waals surface area contributed by atoms with Crippen molar-refractivity contribution in [2.45, 2.75) is 83.8 Å². The second kappa shape index (κ2) is 7.84. The molecule has 2 aliphatic heterocycles. The second-order valence-electron chi connectivity index (χ2n) is 10.8. The summed E-state index contributed by atoms with van der Waals surface area (Å²) in [4.78, 5) is 12.4. The predicted molar refractivity (Wildman–Crippen MR) is 131 cm³/mol. The summed E-state index contributed by atoms with van der Waals surface area (Å²) < 4.78 is 0. The second-order valence-corrected chi connectivity index (χ2v) is 11.8. The molecule has 0 unspecified atom stereocenters. The molecule has 0 spiro atoms. The first-order chi connectivity index (χ1) is 14.5. The number of nitrogens with zero attached hydrogens (tertiary/aromatic N) is 3. The zero-order valence-corrected chi connectivity index (χ0v) is 20.6. The van der Waals surface area contributed by atoms with Crippen LogP contribution in [0.1, 0.15) is 89.4 Å². The fourth-order valence-electron chi connectivity index (χ4n) is 4.68. The molecule has 0 bridgehead atoms. The van der Waals surface area contributed by atoms with Crippen LogP contribution in [-0.2, 0) is 10.8 Å². The minimum atomic E-state index is -0.160. The maximum Gasteiger partial charge on any atom is 0.160 e. The van der Waals surface area contributed by atoms with Crippen LogP contribution in [-0.4, -0.2) is 32.0 Å². The Labute approximate surface area is 191 Å². The lowest BCUT2D eigenvalue weighted by Gasteiger charge is -2.35. The number of aliphatic imine (C=N–C) groups is 1. The molecule has 2 aliphatic rings. The molecule has 3 atom stereocenters. The molecule has 166 valence electrons. The van der Waals surface area contributed by atoms with Gasteiger partial charge in [0.1, 0.15) is 11.8 Å². The first kappa shape index (κ1) is 22.2. The molecule has 1 aromatic heterocycles. The largest absolute Gasteiger partial charge is 0.507 e. The minimum Gasteiger partial charge on any atom is -0.507 e. The third-order valence-electron chi connectivity index (χ3n) is 6.42. The molecular formula is C26H35N3OS. The van der Waals surface area contributed by atoms with Crippen molar-refractivity contribution >= 4 is 16.9 Å². The summed E-state index contributed by atoms with van der Waals surface area (Å²) in [5, 5.41) is 12.4. The zero-order valence-electron chi connectivity index (χ0n) is 19.8. The highest BCUT2D eigenvalue weighted by Crippen LogP contribution is 2.51. The summed E-state index contributed by atoms with van der Waals surface area (Å²) >= 11 is 1.86. The fourth-order valence-corrected chi connectivity index (χ4v) is 6.02. The molecule has 1 saturated heterocycles. The zero-order chi connectivity index (χ0) is 22.6. The molecule has 0 radical (unpaired) electrons.